The smallest absolute Gasteiger partial charge is 0.243 e. The zero-order valence-electron chi connectivity index (χ0n) is 13.7. The minimum atomic E-state index is -0.00790. The zero-order chi connectivity index (χ0) is 16.8. The Morgan fingerprint density at radius 1 is 1.21 bits per heavy atom. The van der Waals surface area contributed by atoms with E-state index in [1.165, 1.54) is 11.3 Å². The monoisotopic (exact) mass is 322 g/mol. The number of hydrogen-bond donors (Lipinski definition) is 1. The van der Waals surface area contributed by atoms with Gasteiger partial charge in [0.25, 0.3) is 0 Å². The van der Waals surface area contributed by atoms with Crippen molar-refractivity contribution in [1.82, 2.24) is 0 Å². The van der Waals surface area contributed by atoms with Gasteiger partial charge in [0.05, 0.1) is 6.54 Å². The maximum absolute atomic E-state index is 12.4. The molecule has 4 heteroatoms. The first kappa shape index (κ1) is 16.1. The Morgan fingerprint density at radius 2 is 2.00 bits per heavy atom. The fourth-order valence-corrected chi connectivity index (χ4v) is 2.94. The third-order valence-corrected chi connectivity index (χ3v) is 4.05. The van der Waals surface area contributed by atoms with Crippen LogP contribution in [0.25, 0.3) is 0 Å². The minimum Gasteiger partial charge on any atom is -0.490 e. The van der Waals surface area contributed by atoms with Crippen molar-refractivity contribution < 1.29 is 9.53 Å². The Labute approximate surface area is 142 Å². The van der Waals surface area contributed by atoms with Gasteiger partial charge >= 0.3 is 0 Å². The number of amides is 1. The molecule has 0 radical (unpaired) electrons. The summed E-state index contributed by atoms with van der Waals surface area (Å²) in [5.41, 5.74) is 3.27. The molecule has 0 unspecified atom stereocenters. The molecule has 3 rings (SSSR count). The molecule has 2 aromatic rings. The van der Waals surface area contributed by atoms with E-state index in [2.05, 4.69) is 35.0 Å². The van der Waals surface area contributed by atoms with Crippen LogP contribution in [0.2, 0.25) is 0 Å². The maximum atomic E-state index is 12.4. The van der Waals surface area contributed by atoms with Gasteiger partial charge in [0.15, 0.2) is 0 Å². The van der Waals surface area contributed by atoms with Crippen LogP contribution in [-0.4, -0.2) is 25.6 Å². The van der Waals surface area contributed by atoms with Gasteiger partial charge in [0.1, 0.15) is 12.4 Å². The Kier molecular flexibility index (Phi) is 5.16. The molecule has 0 atom stereocenters. The Morgan fingerprint density at radius 3 is 2.79 bits per heavy atom. The fraction of sp³-hybridized carbons (Fsp3) is 0.250. The van der Waals surface area contributed by atoms with Crippen LogP contribution in [0.5, 0.6) is 5.75 Å². The normalized spacial score (nSPS) is 13.1. The zero-order valence-corrected chi connectivity index (χ0v) is 13.7. The third kappa shape index (κ3) is 3.96. The lowest BCUT2D eigenvalue weighted by Gasteiger charge is -2.30. The summed E-state index contributed by atoms with van der Waals surface area (Å²) in [7, 11) is 0. The second kappa shape index (κ2) is 7.68. The fourth-order valence-electron chi connectivity index (χ4n) is 2.94. The van der Waals surface area contributed by atoms with Crippen molar-refractivity contribution in [2.45, 2.75) is 12.8 Å². The summed E-state index contributed by atoms with van der Waals surface area (Å²) in [5.74, 6) is 0.754. The van der Waals surface area contributed by atoms with Crippen molar-refractivity contribution in [2.75, 3.05) is 29.9 Å². The van der Waals surface area contributed by atoms with Crippen LogP contribution in [0.3, 0.4) is 0 Å². The van der Waals surface area contributed by atoms with E-state index in [4.69, 9.17) is 4.74 Å². The number of aryl methyl sites for hydroxylation is 1. The number of anilines is 2. The van der Waals surface area contributed by atoms with E-state index in [9.17, 15) is 4.79 Å². The van der Waals surface area contributed by atoms with E-state index in [0.717, 1.165) is 30.8 Å². The molecule has 1 heterocycles. The predicted molar refractivity (Wildman–Crippen MR) is 97.7 cm³/mol. The maximum Gasteiger partial charge on any atom is 0.243 e. The van der Waals surface area contributed by atoms with Crippen LogP contribution in [0.1, 0.15) is 12.0 Å². The molecular formula is C20H22N2O2. The molecule has 1 amide bonds. The molecule has 0 fully saturated rings. The van der Waals surface area contributed by atoms with Gasteiger partial charge in [0, 0.05) is 17.9 Å². The molecule has 1 aliphatic heterocycles. The Bertz CT molecular complexity index is 710. The molecule has 2 aromatic carbocycles. The second-order valence-electron chi connectivity index (χ2n) is 5.83. The second-order valence-corrected chi connectivity index (χ2v) is 5.83. The summed E-state index contributed by atoms with van der Waals surface area (Å²) in [6.45, 7) is 5.37. The van der Waals surface area contributed by atoms with E-state index < -0.39 is 0 Å². The van der Waals surface area contributed by atoms with Crippen LogP contribution >= 0.6 is 0 Å². The van der Waals surface area contributed by atoms with Gasteiger partial charge in [0.2, 0.25) is 5.91 Å². The number of nitrogens with zero attached hydrogens (tertiary/aromatic N) is 1. The highest BCUT2D eigenvalue weighted by Gasteiger charge is 2.18. The molecule has 1 N–H and O–H groups in total. The molecule has 4 nitrogen and oxygen atoms in total. The average Bonchev–Trinajstić information content (AvgIpc) is 2.61. The van der Waals surface area contributed by atoms with E-state index in [0.29, 0.717) is 13.2 Å². The van der Waals surface area contributed by atoms with Crippen molar-refractivity contribution >= 4 is 17.3 Å². The molecule has 0 bridgehead atoms. The largest absolute Gasteiger partial charge is 0.490 e. The van der Waals surface area contributed by atoms with E-state index >= 15 is 0 Å². The SMILES string of the molecule is C=CCOc1ccc(NC(=O)CN2CCCc3ccccc32)cc1. The summed E-state index contributed by atoms with van der Waals surface area (Å²) in [5, 5.41) is 2.95. The first-order valence-electron chi connectivity index (χ1n) is 8.23. The summed E-state index contributed by atoms with van der Waals surface area (Å²) in [4.78, 5) is 14.5. The number of carbonyl (C=O) groups is 1. The average molecular weight is 322 g/mol. The predicted octanol–water partition coefficient (Wildman–Crippen LogP) is 3.64. The molecule has 0 aliphatic carbocycles. The van der Waals surface area contributed by atoms with Crippen LogP contribution in [0, 0.1) is 0 Å². The van der Waals surface area contributed by atoms with Crippen LogP contribution in [-0.2, 0) is 11.2 Å². The highest BCUT2D eigenvalue weighted by atomic mass is 16.5. The minimum absolute atomic E-state index is 0.00790. The summed E-state index contributed by atoms with van der Waals surface area (Å²) >= 11 is 0. The van der Waals surface area contributed by atoms with Crippen molar-refractivity contribution in [1.29, 1.82) is 0 Å². The van der Waals surface area contributed by atoms with Crippen molar-refractivity contribution in [3.05, 3.63) is 66.7 Å². The number of carbonyl (C=O) groups excluding carboxylic acids is 1. The lowest BCUT2D eigenvalue weighted by molar-refractivity contribution is -0.115. The van der Waals surface area contributed by atoms with E-state index in [-0.39, 0.29) is 5.91 Å². The lowest BCUT2D eigenvalue weighted by atomic mass is 10.0. The van der Waals surface area contributed by atoms with Gasteiger partial charge in [-0.25, -0.2) is 0 Å². The van der Waals surface area contributed by atoms with Gasteiger partial charge in [-0.1, -0.05) is 30.9 Å². The van der Waals surface area contributed by atoms with Crippen molar-refractivity contribution in [3.8, 4) is 5.75 Å². The molecule has 1 aliphatic rings. The van der Waals surface area contributed by atoms with Gasteiger partial charge in [-0.15, -0.1) is 0 Å². The van der Waals surface area contributed by atoms with Crippen molar-refractivity contribution in [2.24, 2.45) is 0 Å². The number of ether oxygens (including phenoxy) is 1. The number of nitrogens with one attached hydrogen (secondary N) is 1. The lowest BCUT2D eigenvalue weighted by Crippen LogP contribution is -2.36. The van der Waals surface area contributed by atoms with Gasteiger partial charge in [-0.05, 0) is 48.7 Å². The molecule has 24 heavy (non-hydrogen) atoms. The number of rotatable bonds is 6. The van der Waals surface area contributed by atoms with Crippen LogP contribution < -0.4 is 15.0 Å². The topological polar surface area (TPSA) is 41.6 Å². The summed E-state index contributed by atoms with van der Waals surface area (Å²) in [6.07, 6.45) is 3.87. The van der Waals surface area contributed by atoms with Gasteiger partial charge in [-0.2, -0.15) is 0 Å². The summed E-state index contributed by atoms with van der Waals surface area (Å²) < 4.78 is 5.44. The van der Waals surface area contributed by atoms with Crippen LogP contribution in [0.15, 0.2) is 61.2 Å². The van der Waals surface area contributed by atoms with Gasteiger partial charge < -0.3 is 15.0 Å². The third-order valence-electron chi connectivity index (χ3n) is 4.05. The Hall–Kier alpha value is -2.75. The first-order valence-corrected chi connectivity index (χ1v) is 8.23. The molecular weight excluding hydrogens is 300 g/mol. The quantitative estimate of drug-likeness (QED) is 0.826. The molecule has 0 saturated heterocycles. The standard InChI is InChI=1S/C20H22N2O2/c1-2-14-24-18-11-9-17(10-12-18)21-20(23)15-22-13-5-7-16-6-3-4-8-19(16)22/h2-4,6,8-12H,1,5,7,13-15H2,(H,21,23). The number of hydrogen-bond acceptors (Lipinski definition) is 3. The summed E-state index contributed by atoms with van der Waals surface area (Å²) in [6, 6.07) is 15.7. The Balaban J connectivity index is 1.59. The van der Waals surface area contributed by atoms with E-state index in [1.54, 1.807) is 6.08 Å². The highest BCUT2D eigenvalue weighted by molar-refractivity contribution is 5.94. The number of para-hydroxylation sites is 1. The van der Waals surface area contributed by atoms with E-state index in [1.807, 2.05) is 30.3 Å². The molecule has 0 spiro atoms. The molecule has 0 aromatic heterocycles. The molecule has 0 saturated carbocycles. The van der Waals surface area contributed by atoms with Crippen molar-refractivity contribution in [3.63, 3.8) is 0 Å². The van der Waals surface area contributed by atoms with Gasteiger partial charge in [-0.3, -0.25) is 4.79 Å². The number of benzene rings is 2. The highest BCUT2D eigenvalue weighted by Crippen LogP contribution is 2.26. The number of fused-ring (bicyclic) bond motifs is 1. The van der Waals surface area contributed by atoms with Crippen LogP contribution in [0.4, 0.5) is 11.4 Å². The first-order chi connectivity index (χ1) is 11.8. The molecule has 124 valence electrons.